The van der Waals surface area contributed by atoms with Gasteiger partial charge in [0.25, 0.3) is 5.69 Å². The van der Waals surface area contributed by atoms with Gasteiger partial charge in [0.1, 0.15) is 0 Å². The fourth-order valence-corrected chi connectivity index (χ4v) is 2.48. The monoisotopic (exact) mass is 251 g/mol. The standard InChI is InChI=1S/C12H17N3O3/c1-2-9-4-3-5-14(9)8-12(16)11-6-10(7-13-11)15(17)18/h6-7,9,13H,2-5,8H2,1H3. The number of nitrogens with zero attached hydrogens (tertiary/aromatic N) is 2. The summed E-state index contributed by atoms with van der Waals surface area (Å²) in [6, 6.07) is 1.78. The summed E-state index contributed by atoms with van der Waals surface area (Å²) in [5.41, 5.74) is 0.260. The average molecular weight is 251 g/mol. The van der Waals surface area contributed by atoms with Gasteiger partial charge in [-0.3, -0.25) is 19.8 Å². The van der Waals surface area contributed by atoms with E-state index >= 15 is 0 Å². The normalized spacial score (nSPS) is 20.2. The van der Waals surface area contributed by atoms with Crippen LogP contribution in [0, 0.1) is 10.1 Å². The number of nitro groups is 1. The third-order valence-electron chi connectivity index (χ3n) is 3.50. The van der Waals surface area contributed by atoms with Crippen molar-refractivity contribution >= 4 is 11.5 Å². The lowest BCUT2D eigenvalue weighted by Crippen LogP contribution is -2.34. The summed E-state index contributed by atoms with van der Waals surface area (Å²) in [7, 11) is 0. The third-order valence-corrected chi connectivity index (χ3v) is 3.50. The van der Waals surface area contributed by atoms with Crippen LogP contribution >= 0.6 is 0 Å². The Morgan fingerprint density at radius 3 is 3.06 bits per heavy atom. The van der Waals surface area contributed by atoms with E-state index in [9.17, 15) is 14.9 Å². The van der Waals surface area contributed by atoms with Crippen molar-refractivity contribution in [1.82, 2.24) is 9.88 Å². The van der Waals surface area contributed by atoms with Gasteiger partial charge in [-0.15, -0.1) is 0 Å². The Kier molecular flexibility index (Phi) is 3.76. The van der Waals surface area contributed by atoms with Gasteiger partial charge >= 0.3 is 0 Å². The molecule has 1 aliphatic rings. The van der Waals surface area contributed by atoms with Crippen molar-refractivity contribution in [2.24, 2.45) is 0 Å². The van der Waals surface area contributed by atoms with E-state index in [1.54, 1.807) is 0 Å². The number of Topliss-reactive ketones (excluding diaryl/α,β-unsaturated/α-hetero) is 1. The Morgan fingerprint density at radius 2 is 2.44 bits per heavy atom. The topological polar surface area (TPSA) is 79.2 Å². The first-order valence-corrected chi connectivity index (χ1v) is 6.22. The van der Waals surface area contributed by atoms with Crippen LogP contribution in [0.2, 0.25) is 0 Å². The maximum atomic E-state index is 12.0. The van der Waals surface area contributed by atoms with E-state index in [0.717, 1.165) is 25.8 Å². The first-order chi connectivity index (χ1) is 8.61. The fraction of sp³-hybridized carbons (Fsp3) is 0.583. The molecule has 98 valence electrons. The zero-order valence-corrected chi connectivity index (χ0v) is 10.4. The number of hydrogen-bond donors (Lipinski definition) is 1. The van der Waals surface area contributed by atoms with E-state index in [0.29, 0.717) is 18.3 Å². The Bertz CT molecular complexity index is 455. The van der Waals surface area contributed by atoms with Crippen molar-refractivity contribution in [3.8, 4) is 0 Å². The molecule has 0 radical (unpaired) electrons. The molecule has 1 aliphatic heterocycles. The molecule has 1 N–H and O–H groups in total. The lowest BCUT2D eigenvalue weighted by atomic mass is 10.1. The first-order valence-electron chi connectivity index (χ1n) is 6.22. The fourth-order valence-electron chi connectivity index (χ4n) is 2.48. The van der Waals surface area contributed by atoms with Crippen molar-refractivity contribution in [3.63, 3.8) is 0 Å². The first kappa shape index (κ1) is 12.8. The molecule has 0 spiro atoms. The van der Waals surface area contributed by atoms with Crippen LogP contribution in [0.4, 0.5) is 5.69 Å². The van der Waals surface area contributed by atoms with Crippen LogP contribution in [0.25, 0.3) is 0 Å². The highest BCUT2D eigenvalue weighted by Gasteiger charge is 2.25. The molecule has 18 heavy (non-hydrogen) atoms. The summed E-state index contributed by atoms with van der Waals surface area (Å²) in [6.45, 7) is 3.40. The van der Waals surface area contributed by atoms with E-state index in [-0.39, 0.29) is 11.5 Å². The number of aromatic amines is 1. The molecule has 0 saturated carbocycles. The number of carbonyl (C=O) groups is 1. The third kappa shape index (κ3) is 2.59. The molecule has 1 aromatic rings. The molecule has 1 aromatic heterocycles. The van der Waals surface area contributed by atoms with Gasteiger partial charge in [0, 0.05) is 12.1 Å². The van der Waals surface area contributed by atoms with Crippen LogP contribution in [0.15, 0.2) is 12.3 Å². The minimum Gasteiger partial charge on any atom is -0.353 e. The Hall–Kier alpha value is -1.69. The van der Waals surface area contributed by atoms with Crippen LogP contribution in [0.1, 0.15) is 36.7 Å². The van der Waals surface area contributed by atoms with Gasteiger partial charge in [-0.05, 0) is 25.8 Å². The van der Waals surface area contributed by atoms with Gasteiger partial charge in [0.2, 0.25) is 0 Å². The van der Waals surface area contributed by atoms with E-state index < -0.39 is 4.92 Å². The molecular weight excluding hydrogens is 234 g/mol. The number of rotatable bonds is 5. The zero-order chi connectivity index (χ0) is 13.1. The minimum atomic E-state index is -0.502. The average Bonchev–Trinajstić information content (AvgIpc) is 2.96. The van der Waals surface area contributed by atoms with Gasteiger partial charge in [-0.25, -0.2) is 0 Å². The molecule has 0 aromatic carbocycles. The van der Waals surface area contributed by atoms with Crippen molar-refractivity contribution < 1.29 is 9.72 Å². The number of H-pyrrole nitrogens is 1. The highest BCUT2D eigenvalue weighted by Crippen LogP contribution is 2.20. The Morgan fingerprint density at radius 1 is 1.67 bits per heavy atom. The number of ketones is 1. The van der Waals surface area contributed by atoms with Gasteiger partial charge in [0.05, 0.1) is 23.4 Å². The van der Waals surface area contributed by atoms with Crippen molar-refractivity contribution in [3.05, 3.63) is 28.1 Å². The summed E-state index contributed by atoms with van der Waals surface area (Å²) >= 11 is 0. The molecule has 1 fully saturated rings. The van der Waals surface area contributed by atoms with Crippen LogP contribution in [-0.4, -0.2) is 39.7 Å². The second kappa shape index (κ2) is 5.30. The van der Waals surface area contributed by atoms with Crippen LogP contribution in [0.5, 0.6) is 0 Å². The molecule has 0 amide bonds. The van der Waals surface area contributed by atoms with Crippen LogP contribution in [-0.2, 0) is 0 Å². The van der Waals surface area contributed by atoms with E-state index in [1.165, 1.54) is 12.3 Å². The van der Waals surface area contributed by atoms with E-state index in [2.05, 4.69) is 16.8 Å². The largest absolute Gasteiger partial charge is 0.353 e. The highest BCUT2D eigenvalue weighted by molar-refractivity contribution is 5.96. The Balaban J connectivity index is 2.00. The molecule has 2 heterocycles. The number of hydrogen-bond acceptors (Lipinski definition) is 4. The molecule has 6 nitrogen and oxygen atoms in total. The molecule has 1 saturated heterocycles. The maximum Gasteiger partial charge on any atom is 0.287 e. The molecule has 6 heteroatoms. The second-order valence-electron chi connectivity index (χ2n) is 4.63. The molecule has 1 unspecified atom stereocenters. The maximum absolute atomic E-state index is 12.0. The van der Waals surface area contributed by atoms with Crippen molar-refractivity contribution in [2.75, 3.05) is 13.1 Å². The number of carbonyl (C=O) groups excluding carboxylic acids is 1. The summed E-state index contributed by atoms with van der Waals surface area (Å²) in [5, 5.41) is 10.5. The smallest absolute Gasteiger partial charge is 0.287 e. The van der Waals surface area contributed by atoms with Crippen molar-refractivity contribution in [1.29, 1.82) is 0 Å². The van der Waals surface area contributed by atoms with Crippen LogP contribution in [0.3, 0.4) is 0 Å². The zero-order valence-electron chi connectivity index (χ0n) is 10.4. The number of likely N-dealkylation sites (tertiary alicyclic amines) is 1. The quantitative estimate of drug-likeness (QED) is 0.493. The van der Waals surface area contributed by atoms with Gasteiger partial charge in [-0.2, -0.15) is 0 Å². The SMILES string of the molecule is CCC1CCCN1CC(=O)c1cc([N+](=O)[O-])c[nH]1. The summed E-state index contributed by atoms with van der Waals surface area (Å²) < 4.78 is 0. The lowest BCUT2D eigenvalue weighted by Gasteiger charge is -2.21. The van der Waals surface area contributed by atoms with Crippen molar-refractivity contribution in [2.45, 2.75) is 32.2 Å². The highest BCUT2D eigenvalue weighted by atomic mass is 16.6. The predicted molar refractivity (Wildman–Crippen MR) is 66.7 cm³/mol. The van der Waals surface area contributed by atoms with Crippen LogP contribution < -0.4 is 0 Å². The number of aromatic nitrogens is 1. The van der Waals surface area contributed by atoms with Gasteiger partial charge < -0.3 is 4.98 Å². The minimum absolute atomic E-state index is 0.0631. The summed E-state index contributed by atoms with van der Waals surface area (Å²) in [5.74, 6) is -0.0801. The summed E-state index contributed by atoms with van der Waals surface area (Å²) in [6.07, 6.45) is 4.55. The van der Waals surface area contributed by atoms with E-state index in [1.807, 2.05) is 0 Å². The molecule has 0 aliphatic carbocycles. The molecule has 0 bridgehead atoms. The molecule has 2 rings (SSSR count). The van der Waals surface area contributed by atoms with Gasteiger partial charge in [0.15, 0.2) is 5.78 Å². The molecule has 1 atom stereocenters. The number of nitrogens with one attached hydrogen (secondary N) is 1. The lowest BCUT2D eigenvalue weighted by molar-refractivity contribution is -0.384. The Labute approximate surface area is 105 Å². The second-order valence-corrected chi connectivity index (χ2v) is 4.63. The molecular formula is C12H17N3O3. The van der Waals surface area contributed by atoms with Gasteiger partial charge in [-0.1, -0.05) is 6.92 Å². The summed E-state index contributed by atoms with van der Waals surface area (Å²) in [4.78, 5) is 26.9. The predicted octanol–water partition coefficient (Wildman–Crippen LogP) is 1.98. The van der Waals surface area contributed by atoms with E-state index in [4.69, 9.17) is 0 Å².